The van der Waals surface area contributed by atoms with Crippen molar-refractivity contribution in [1.82, 2.24) is 19.6 Å². The second kappa shape index (κ2) is 4.80. The molecule has 0 aliphatic rings. The zero-order valence-electron chi connectivity index (χ0n) is 12.9. The van der Waals surface area contributed by atoms with Crippen molar-refractivity contribution in [2.45, 2.75) is 0 Å². The van der Waals surface area contributed by atoms with E-state index in [2.05, 4.69) is 57.9 Å². The van der Waals surface area contributed by atoms with Crippen molar-refractivity contribution in [3.63, 3.8) is 0 Å². The van der Waals surface area contributed by atoms with E-state index >= 15 is 0 Å². The van der Waals surface area contributed by atoms with E-state index in [0.29, 0.717) is 0 Å². The van der Waals surface area contributed by atoms with Gasteiger partial charge in [-0.2, -0.15) is 4.68 Å². The van der Waals surface area contributed by atoms with E-state index in [4.69, 9.17) is 0 Å². The predicted octanol–water partition coefficient (Wildman–Crippen LogP) is 4.33. The highest BCUT2D eigenvalue weighted by Crippen LogP contribution is 2.30. The van der Waals surface area contributed by atoms with Crippen molar-refractivity contribution >= 4 is 32.8 Å². The fourth-order valence-corrected chi connectivity index (χ4v) is 3.35. The van der Waals surface area contributed by atoms with Gasteiger partial charge in [0, 0.05) is 10.8 Å². The van der Waals surface area contributed by atoms with Crippen LogP contribution in [0.15, 0.2) is 79.4 Å². The lowest BCUT2D eigenvalue weighted by atomic mass is 10.2. The second-order valence-corrected chi connectivity index (χ2v) is 5.78. The molecule has 0 bridgehead atoms. The van der Waals surface area contributed by atoms with Crippen molar-refractivity contribution in [3.8, 4) is 0 Å². The zero-order chi connectivity index (χ0) is 16.1. The molecule has 0 N–H and O–H groups in total. The topological polar surface area (TPSA) is 35.6 Å². The number of aromatic nitrogens is 4. The summed E-state index contributed by atoms with van der Waals surface area (Å²) in [6.45, 7) is 4.31. The Morgan fingerprint density at radius 3 is 1.92 bits per heavy atom. The summed E-state index contributed by atoms with van der Waals surface area (Å²) in [4.78, 5) is 0. The summed E-state index contributed by atoms with van der Waals surface area (Å²) in [5.41, 5.74) is 4.04. The lowest BCUT2D eigenvalue weighted by molar-refractivity contribution is 0.692. The Morgan fingerprint density at radius 2 is 1.25 bits per heavy atom. The van der Waals surface area contributed by atoms with Crippen LogP contribution in [0.5, 0.6) is 0 Å². The summed E-state index contributed by atoms with van der Waals surface area (Å²) in [6, 6.07) is 24.6. The van der Waals surface area contributed by atoms with E-state index in [1.54, 1.807) is 4.68 Å². The highest BCUT2D eigenvalue weighted by atomic mass is 15.5. The average Bonchev–Trinajstić information content (AvgIpc) is 3.21. The molecule has 4 nitrogen and oxygen atoms in total. The molecule has 0 unspecified atom stereocenters. The molecule has 0 saturated heterocycles. The Kier molecular flexibility index (Phi) is 2.61. The molecule has 3 aromatic carbocycles. The van der Waals surface area contributed by atoms with Crippen LogP contribution >= 0.6 is 0 Å². The van der Waals surface area contributed by atoms with Gasteiger partial charge in [-0.05, 0) is 24.3 Å². The van der Waals surface area contributed by atoms with Gasteiger partial charge in [-0.3, -0.25) is 4.57 Å². The van der Waals surface area contributed by atoms with E-state index in [0.717, 1.165) is 27.9 Å². The first-order valence-corrected chi connectivity index (χ1v) is 7.83. The lowest BCUT2D eigenvalue weighted by Crippen LogP contribution is -2.11. The quantitative estimate of drug-likeness (QED) is 0.486. The van der Waals surface area contributed by atoms with Gasteiger partial charge in [-0.1, -0.05) is 60.3 Å². The average molecular weight is 310 g/mol. The maximum Gasteiger partial charge on any atom is 0.134 e. The predicted molar refractivity (Wildman–Crippen MR) is 96.6 cm³/mol. The molecule has 2 aromatic heterocycles. The van der Waals surface area contributed by atoms with Crippen LogP contribution < -0.4 is 0 Å². The van der Waals surface area contributed by atoms with Crippen molar-refractivity contribution in [2.24, 2.45) is 0 Å². The normalized spacial score (nSPS) is 11.5. The standard InChI is InChI=1S/C20H14N4/c1-14(24-20-13-7-4-10-17(20)21-22-24)23-18-11-5-2-8-15(18)16-9-3-6-12-19(16)23/h2-13H,1H2. The lowest BCUT2D eigenvalue weighted by Gasteiger charge is -2.11. The minimum atomic E-state index is 0.765. The van der Waals surface area contributed by atoms with Crippen LogP contribution in [0.4, 0.5) is 0 Å². The summed E-state index contributed by atoms with van der Waals surface area (Å²) < 4.78 is 3.94. The van der Waals surface area contributed by atoms with Gasteiger partial charge in [0.1, 0.15) is 11.3 Å². The number of nitrogens with zero attached hydrogens (tertiary/aromatic N) is 4. The zero-order valence-corrected chi connectivity index (χ0v) is 12.9. The molecule has 0 amide bonds. The summed E-state index contributed by atoms with van der Waals surface area (Å²) in [5, 5.41) is 11.0. The molecule has 0 fully saturated rings. The van der Waals surface area contributed by atoms with Gasteiger partial charge in [0.15, 0.2) is 0 Å². The smallest absolute Gasteiger partial charge is 0.134 e. The third-order valence-electron chi connectivity index (χ3n) is 4.43. The number of para-hydroxylation sites is 3. The van der Waals surface area contributed by atoms with E-state index in [1.165, 1.54) is 10.8 Å². The van der Waals surface area contributed by atoms with Gasteiger partial charge in [-0.25, -0.2) is 0 Å². The highest BCUT2D eigenvalue weighted by Gasteiger charge is 2.15. The van der Waals surface area contributed by atoms with Crippen LogP contribution in [0, 0.1) is 5.82 Å². The number of hydrogen-bond donors (Lipinski definition) is 0. The van der Waals surface area contributed by atoms with E-state index in [-0.39, 0.29) is 0 Å². The number of fused-ring (bicyclic) bond motifs is 4. The SMILES string of the molecule is C=C(n1nnc2ccccc21)n1c2ccccc2c2ccccc21. The molecule has 24 heavy (non-hydrogen) atoms. The van der Waals surface area contributed by atoms with Gasteiger partial charge >= 0.3 is 0 Å². The van der Waals surface area contributed by atoms with Crippen molar-refractivity contribution < 1.29 is 0 Å². The minimum absolute atomic E-state index is 0.765. The molecule has 2 heterocycles. The van der Waals surface area contributed by atoms with E-state index in [9.17, 15) is 0 Å². The van der Waals surface area contributed by atoms with Crippen LogP contribution in [-0.2, 0) is 0 Å². The number of hydrogen-bond acceptors (Lipinski definition) is 2. The molecule has 4 heteroatoms. The first kappa shape index (κ1) is 13.1. The number of benzene rings is 3. The van der Waals surface area contributed by atoms with E-state index < -0.39 is 0 Å². The molecular weight excluding hydrogens is 296 g/mol. The van der Waals surface area contributed by atoms with Gasteiger partial charge in [0.2, 0.25) is 0 Å². The molecule has 0 saturated carbocycles. The Balaban J connectivity index is 1.86. The molecule has 0 spiro atoms. The molecule has 0 aliphatic heterocycles. The Labute approximate surface area is 138 Å². The molecule has 0 radical (unpaired) electrons. The summed E-state index contributed by atoms with van der Waals surface area (Å²) >= 11 is 0. The van der Waals surface area contributed by atoms with Gasteiger partial charge in [0.05, 0.1) is 16.6 Å². The number of rotatable bonds is 2. The van der Waals surface area contributed by atoms with Crippen LogP contribution in [0.3, 0.4) is 0 Å². The monoisotopic (exact) mass is 310 g/mol. The third kappa shape index (κ3) is 1.68. The molecule has 0 aliphatic carbocycles. The van der Waals surface area contributed by atoms with Crippen LogP contribution in [0.2, 0.25) is 0 Å². The van der Waals surface area contributed by atoms with Gasteiger partial charge < -0.3 is 0 Å². The first-order valence-electron chi connectivity index (χ1n) is 7.83. The van der Waals surface area contributed by atoms with Crippen LogP contribution in [0.1, 0.15) is 0 Å². The molecule has 114 valence electrons. The van der Waals surface area contributed by atoms with Gasteiger partial charge in [-0.15, -0.1) is 5.10 Å². The highest BCUT2D eigenvalue weighted by molar-refractivity contribution is 6.08. The fourth-order valence-electron chi connectivity index (χ4n) is 3.35. The van der Waals surface area contributed by atoms with Gasteiger partial charge in [0.25, 0.3) is 0 Å². The summed E-state index contributed by atoms with van der Waals surface area (Å²) in [5.74, 6) is 0.765. The molecule has 0 atom stereocenters. The maximum atomic E-state index is 4.31. The first-order chi connectivity index (χ1) is 11.8. The molecular formula is C20H14N4. The Bertz CT molecular complexity index is 1170. The largest absolute Gasteiger partial charge is 0.294 e. The molecule has 5 rings (SSSR count). The van der Waals surface area contributed by atoms with Crippen molar-refractivity contribution in [2.75, 3.05) is 0 Å². The molecule has 5 aromatic rings. The summed E-state index contributed by atoms with van der Waals surface area (Å²) in [7, 11) is 0. The minimum Gasteiger partial charge on any atom is -0.294 e. The second-order valence-electron chi connectivity index (χ2n) is 5.78. The Morgan fingerprint density at radius 1 is 0.708 bits per heavy atom. The van der Waals surface area contributed by atoms with Crippen LogP contribution in [-0.4, -0.2) is 19.6 Å². The fraction of sp³-hybridized carbons (Fsp3) is 0. The van der Waals surface area contributed by atoms with E-state index in [1.807, 2.05) is 36.4 Å². The Hall–Kier alpha value is -3.40. The third-order valence-corrected chi connectivity index (χ3v) is 4.43. The maximum absolute atomic E-state index is 4.31. The van der Waals surface area contributed by atoms with Crippen molar-refractivity contribution in [3.05, 3.63) is 85.2 Å². The van der Waals surface area contributed by atoms with Crippen molar-refractivity contribution in [1.29, 1.82) is 0 Å². The van der Waals surface area contributed by atoms with Crippen LogP contribution in [0.25, 0.3) is 32.8 Å². The summed E-state index contributed by atoms with van der Waals surface area (Å²) in [6.07, 6.45) is 0.